The Morgan fingerprint density at radius 2 is 1.77 bits per heavy atom. The maximum Gasteiger partial charge on any atom is 0.307 e. The van der Waals surface area contributed by atoms with Crippen molar-refractivity contribution in [3.63, 3.8) is 0 Å². The van der Waals surface area contributed by atoms with Crippen molar-refractivity contribution in [1.82, 2.24) is 0 Å². The van der Waals surface area contributed by atoms with Gasteiger partial charge in [-0.15, -0.1) is 0 Å². The van der Waals surface area contributed by atoms with E-state index in [1.165, 1.54) is 19.3 Å². The Balaban J connectivity index is 2.57. The predicted octanol–water partition coefficient (Wildman–Crippen LogP) is 2.92. The molecular formula is C11H20O2. The highest BCUT2D eigenvalue weighted by atomic mass is 16.4. The van der Waals surface area contributed by atoms with Crippen LogP contribution in [0.15, 0.2) is 0 Å². The summed E-state index contributed by atoms with van der Waals surface area (Å²) in [7, 11) is 0. The molecular weight excluding hydrogens is 164 g/mol. The Labute approximate surface area is 80.3 Å². The average Bonchev–Trinajstić information content (AvgIpc) is 2.04. The van der Waals surface area contributed by atoms with Crippen molar-refractivity contribution in [3.05, 3.63) is 0 Å². The zero-order chi connectivity index (χ0) is 9.84. The zero-order valence-electron chi connectivity index (χ0n) is 8.62. The van der Waals surface area contributed by atoms with Crippen molar-refractivity contribution < 1.29 is 9.90 Å². The van der Waals surface area contributed by atoms with E-state index < -0.39 is 5.97 Å². The van der Waals surface area contributed by atoms with Gasteiger partial charge in [0.2, 0.25) is 0 Å². The first-order chi connectivity index (χ1) is 6.13. The minimum Gasteiger partial charge on any atom is -0.481 e. The molecule has 1 atom stereocenters. The number of hydrogen-bond donors (Lipinski definition) is 1. The second kappa shape index (κ2) is 4.64. The van der Waals surface area contributed by atoms with Crippen molar-refractivity contribution >= 4 is 5.97 Å². The number of rotatable bonds is 3. The van der Waals surface area contributed by atoms with Crippen molar-refractivity contribution in [1.29, 1.82) is 0 Å². The normalized spacial score (nSPS) is 21.8. The monoisotopic (exact) mass is 184 g/mol. The molecule has 0 saturated heterocycles. The van der Waals surface area contributed by atoms with E-state index in [0.29, 0.717) is 5.92 Å². The lowest BCUT2D eigenvalue weighted by Gasteiger charge is -2.29. The fraction of sp³-hybridized carbons (Fsp3) is 0.909. The summed E-state index contributed by atoms with van der Waals surface area (Å²) in [5.74, 6) is 0.00838. The van der Waals surface area contributed by atoms with Crippen LogP contribution in [-0.4, -0.2) is 11.1 Å². The minimum atomic E-state index is -0.595. The highest BCUT2D eigenvalue weighted by Gasteiger charge is 2.31. The molecule has 0 amide bonds. The van der Waals surface area contributed by atoms with Crippen molar-refractivity contribution in [2.45, 2.75) is 46.0 Å². The molecule has 13 heavy (non-hydrogen) atoms. The highest BCUT2D eigenvalue weighted by molar-refractivity contribution is 5.70. The molecule has 1 saturated carbocycles. The van der Waals surface area contributed by atoms with E-state index in [9.17, 15) is 4.79 Å². The van der Waals surface area contributed by atoms with Crippen LogP contribution in [0.3, 0.4) is 0 Å². The lowest BCUT2D eigenvalue weighted by molar-refractivity contribution is -0.146. The summed E-state index contributed by atoms with van der Waals surface area (Å²) in [6.45, 7) is 4.04. The molecule has 0 aromatic carbocycles. The summed E-state index contributed by atoms with van der Waals surface area (Å²) < 4.78 is 0. The highest BCUT2D eigenvalue weighted by Crippen LogP contribution is 2.33. The van der Waals surface area contributed by atoms with Crippen LogP contribution in [0.25, 0.3) is 0 Å². The molecule has 76 valence electrons. The van der Waals surface area contributed by atoms with Gasteiger partial charge in [0.05, 0.1) is 5.92 Å². The van der Waals surface area contributed by atoms with Crippen LogP contribution in [0, 0.1) is 17.8 Å². The summed E-state index contributed by atoms with van der Waals surface area (Å²) >= 11 is 0. The molecule has 2 nitrogen and oxygen atoms in total. The molecule has 1 aliphatic rings. The van der Waals surface area contributed by atoms with Crippen molar-refractivity contribution in [2.75, 3.05) is 0 Å². The SMILES string of the molecule is CC(C)[C@H](C(=O)O)C1CCCCC1. The van der Waals surface area contributed by atoms with E-state index in [2.05, 4.69) is 0 Å². The number of hydrogen-bond acceptors (Lipinski definition) is 1. The van der Waals surface area contributed by atoms with Crippen LogP contribution in [0.5, 0.6) is 0 Å². The molecule has 1 aliphatic carbocycles. The summed E-state index contributed by atoms with van der Waals surface area (Å²) in [6.07, 6.45) is 5.98. The van der Waals surface area contributed by atoms with E-state index in [1.807, 2.05) is 13.8 Å². The second-order valence-electron chi connectivity index (χ2n) is 4.51. The quantitative estimate of drug-likeness (QED) is 0.732. The van der Waals surface area contributed by atoms with E-state index >= 15 is 0 Å². The van der Waals surface area contributed by atoms with Gasteiger partial charge in [0.1, 0.15) is 0 Å². The van der Waals surface area contributed by atoms with Gasteiger partial charge in [-0.2, -0.15) is 0 Å². The molecule has 0 heterocycles. The number of aliphatic carboxylic acids is 1. The van der Waals surface area contributed by atoms with Gasteiger partial charge in [-0.3, -0.25) is 4.79 Å². The molecule has 0 radical (unpaired) electrons. The first-order valence-corrected chi connectivity index (χ1v) is 5.35. The molecule has 0 bridgehead atoms. The molecule has 0 aromatic rings. The molecule has 1 rings (SSSR count). The van der Waals surface area contributed by atoms with Crippen LogP contribution in [0.1, 0.15) is 46.0 Å². The molecule has 0 aromatic heterocycles. The van der Waals surface area contributed by atoms with Crippen molar-refractivity contribution in [2.24, 2.45) is 17.8 Å². The molecule has 1 fully saturated rings. The van der Waals surface area contributed by atoms with Gasteiger partial charge in [0, 0.05) is 0 Å². The van der Waals surface area contributed by atoms with Crippen LogP contribution < -0.4 is 0 Å². The maximum absolute atomic E-state index is 11.0. The topological polar surface area (TPSA) is 37.3 Å². The first kappa shape index (κ1) is 10.6. The summed E-state index contributed by atoms with van der Waals surface area (Å²) in [4.78, 5) is 11.0. The first-order valence-electron chi connectivity index (χ1n) is 5.35. The molecule has 0 aliphatic heterocycles. The maximum atomic E-state index is 11.0. The van der Waals surface area contributed by atoms with Gasteiger partial charge >= 0.3 is 5.97 Å². The summed E-state index contributed by atoms with van der Waals surface area (Å²) in [6, 6.07) is 0. The van der Waals surface area contributed by atoms with E-state index in [1.54, 1.807) is 0 Å². The van der Waals surface area contributed by atoms with Gasteiger partial charge in [0.25, 0.3) is 0 Å². The van der Waals surface area contributed by atoms with E-state index in [0.717, 1.165) is 12.8 Å². The lowest BCUT2D eigenvalue weighted by Crippen LogP contribution is -2.29. The van der Waals surface area contributed by atoms with Crippen LogP contribution in [-0.2, 0) is 4.79 Å². The molecule has 1 N–H and O–H groups in total. The van der Waals surface area contributed by atoms with Crippen LogP contribution in [0.4, 0.5) is 0 Å². The second-order valence-corrected chi connectivity index (χ2v) is 4.51. The van der Waals surface area contributed by atoms with Gasteiger partial charge in [-0.1, -0.05) is 33.1 Å². The summed E-state index contributed by atoms with van der Waals surface area (Å²) in [5, 5.41) is 9.10. The Hall–Kier alpha value is -0.530. The van der Waals surface area contributed by atoms with Crippen LogP contribution in [0.2, 0.25) is 0 Å². The largest absolute Gasteiger partial charge is 0.481 e. The Kier molecular flexibility index (Phi) is 3.76. The Bertz CT molecular complexity index is 169. The third-order valence-electron chi connectivity index (χ3n) is 3.16. The smallest absolute Gasteiger partial charge is 0.307 e. The minimum absolute atomic E-state index is 0.111. The summed E-state index contributed by atoms with van der Waals surface area (Å²) in [5.41, 5.74) is 0. The third kappa shape index (κ3) is 2.71. The predicted molar refractivity (Wildman–Crippen MR) is 52.5 cm³/mol. The fourth-order valence-electron chi connectivity index (χ4n) is 2.52. The van der Waals surface area contributed by atoms with Gasteiger partial charge in [-0.25, -0.2) is 0 Å². The van der Waals surface area contributed by atoms with Gasteiger partial charge < -0.3 is 5.11 Å². The lowest BCUT2D eigenvalue weighted by atomic mass is 9.75. The van der Waals surface area contributed by atoms with Crippen LogP contribution >= 0.6 is 0 Å². The van der Waals surface area contributed by atoms with Crippen molar-refractivity contribution in [3.8, 4) is 0 Å². The van der Waals surface area contributed by atoms with E-state index in [4.69, 9.17) is 5.11 Å². The fourth-order valence-corrected chi connectivity index (χ4v) is 2.52. The Morgan fingerprint density at radius 3 is 2.15 bits per heavy atom. The van der Waals surface area contributed by atoms with Gasteiger partial charge in [-0.05, 0) is 24.7 Å². The zero-order valence-corrected chi connectivity index (χ0v) is 8.62. The molecule has 2 heteroatoms. The number of carboxylic acid groups (broad SMARTS) is 1. The number of carboxylic acids is 1. The number of carbonyl (C=O) groups is 1. The standard InChI is InChI=1S/C11H20O2/c1-8(2)10(11(12)13)9-6-4-3-5-7-9/h8-10H,3-7H2,1-2H3,(H,12,13)/t10-/m0/s1. The average molecular weight is 184 g/mol. The van der Waals surface area contributed by atoms with Gasteiger partial charge in [0.15, 0.2) is 0 Å². The van der Waals surface area contributed by atoms with E-state index in [-0.39, 0.29) is 11.8 Å². The molecule has 0 spiro atoms. The molecule has 0 unspecified atom stereocenters. The Morgan fingerprint density at radius 1 is 1.23 bits per heavy atom. The third-order valence-corrected chi connectivity index (χ3v) is 3.16.